The van der Waals surface area contributed by atoms with Crippen LogP contribution in [0, 0.1) is 5.92 Å². The van der Waals surface area contributed by atoms with Gasteiger partial charge < -0.3 is 15.3 Å². The molecular weight excluding hydrogens is 252 g/mol. The molecule has 1 atom stereocenters. The van der Waals surface area contributed by atoms with Crippen LogP contribution in [0.15, 0.2) is 0 Å². The summed E-state index contributed by atoms with van der Waals surface area (Å²) < 4.78 is 0. The molecule has 1 unspecified atom stereocenters. The number of nitrogens with zero attached hydrogens (tertiary/aromatic N) is 1. The van der Waals surface area contributed by atoms with Crippen LogP contribution in [0.4, 0.5) is 4.79 Å². The van der Waals surface area contributed by atoms with E-state index in [1.54, 1.807) is 11.8 Å². The second-order valence-electron chi connectivity index (χ2n) is 4.61. The average molecular weight is 274 g/mol. The Morgan fingerprint density at radius 1 is 1.44 bits per heavy atom. The first-order chi connectivity index (χ1) is 8.54. The lowest BCUT2D eigenvalue weighted by Crippen LogP contribution is -2.47. The van der Waals surface area contributed by atoms with Crippen molar-refractivity contribution < 1.29 is 14.7 Å². The van der Waals surface area contributed by atoms with Crippen molar-refractivity contribution in [2.75, 3.05) is 24.6 Å². The van der Waals surface area contributed by atoms with Crippen molar-refractivity contribution in [2.45, 2.75) is 32.7 Å². The third kappa shape index (κ3) is 4.76. The van der Waals surface area contributed by atoms with Crippen LogP contribution in [0.25, 0.3) is 0 Å². The molecule has 104 valence electrons. The zero-order valence-electron chi connectivity index (χ0n) is 11.0. The Morgan fingerprint density at radius 2 is 2.06 bits per heavy atom. The molecule has 1 aliphatic heterocycles. The molecular formula is C12H22N2O3S. The third-order valence-corrected chi connectivity index (χ3v) is 4.18. The molecule has 0 radical (unpaired) electrons. The topological polar surface area (TPSA) is 69.6 Å². The van der Waals surface area contributed by atoms with Crippen molar-refractivity contribution in [1.82, 2.24) is 10.2 Å². The molecule has 0 bridgehead atoms. The Morgan fingerprint density at radius 3 is 2.56 bits per heavy atom. The highest BCUT2D eigenvalue weighted by Crippen LogP contribution is 2.17. The lowest BCUT2D eigenvalue weighted by Gasteiger charge is -2.28. The Labute approximate surface area is 112 Å². The van der Waals surface area contributed by atoms with Gasteiger partial charge in [-0.15, -0.1) is 0 Å². The fourth-order valence-corrected chi connectivity index (χ4v) is 2.98. The smallest absolute Gasteiger partial charge is 0.317 e. The maximum Gasteiger partial charge on any atom is 0.317 e. The van der Waals surface area contributed by atoms with E-state index in [0.29, 0.717) is 6.54 Å². The van der Waals surface area contributed by atoms with Crippen molar-refractivity contribution in [1.29, 1.82) is 0 Å². The first-order valence-electron chi connectivity index (χ1n) is 6.40. The predicted octanol–water partition coefficient (Wildman–Crippen LogP) is 1.63. The zero-order chi connectivity index (χ0) is 13.5. The summed E-state index contributed by atoms with van der Waals surface area (Å²) in [7, 11) is 0. The van der Waals surface area contributed by atoms with E-state index < -0.39 is 11.9 Å². The van der Waals surface area contributed by atoms with Gasteiger partial charge in [0.2, 0.25) is 0 Å². The van der Waals surface area contributed by atoms with E-state index in [4.69, 9.17) is 5.11 Å². The maximum absolute atomic E-state index is 12.0. The van der Waals surface area contributed by atoms with Gasteiger partial charge in [-0.3, -0.25) is 4.79 Å². The number of carbonyl (C=O) groups is 2. The number of carbonyl (C=O) groups excluding carboxylic acids is 1. The van der Waals surface area contributed by atoms with Crippen LogP contribution < -0.4 is 5.32 Å². The van der Waals surface area contributed by atoms with Gasteiger partial charge in [-0.2, -0.15) is 11.8 Å². The van der Waals surface area contributed by atoms with Gasteiger partial charge >= 0.3 is 12.0 Å². The lowest BCUT2D eigenvalue weighted by molar-refractivity contribution is -0.141. The van der Waals surface area contributed by atoms with E-state index in [2.05, 4.69) is 5.32 Å². The van der Waals surface area contributed by atoms with Gasteiger partial charge in [0, 0.05) is 19.1 Å². The van der Waals surface area contributed by atoms with E-state index in [1.807, 2.05) is 18.7 Å². The lowest BCUT2D eigenvalue weighted by atomic mass is 10.1. The van der Waals surface area contributed by atoms with Crippen LogP contribution in [0.3, 0.4) is 0 Å². The summed E-state index contributed by atoms with van der Waals surface area (Å²) in [6.07, 6.45) is 2.00. The Balaban J connectivity index is 2.43. The van der Waals surface area contributed by atoms with Gasteiger partial charge in [-0.1, -0.05) is 6.92 Å². The quantitative estimate of drug-likeness (QED) is 0.799. The minimum atomic E-state index is -0.865. The van der Waals surface area contributed by atoms with Gasteiger partial charge in [0.05, 0.1) is 5.92 Å². The first-order valence-corrected chi connectivity index (χ1v) is 7.56. The van der Waals surface area contributed by atoms with Crippen molar-refractivity contribution in [3.05, 3.63) is 0 Å². The SMILES string of the molecule is CCN(CC(C)C(=O)O)C(=O)NC1CCSCC1. The van der Waals surface area contributed by atoms with Crippen molar-refractivity contribution in [2.24, 2.45) is 5.92 Å². The van der Waals surface area contributed by atoms with Gasteiger partial charge in [0.25, 0.3) is 0 Å². The summed E-state index contributed by atoms with van der Waals surface area (Å²) in [6.45, 7) is 4.28. The summed E-state index contributed by atoms with van der Waals surface area (Å²) in [4.78, 5) is 24.4. The molecule has 0 saturated carbocycles. The summed E-state index contributed by atoms with van der Waals surface area (Å²) in [5, 5.41) is 11.9. The molecule has 2 N–H and O–H groups in total. The molecule has 1 saturated heterocycles. The van der Waals surface area contributed by atoms with E-state index in [-0.39, 0.29) is 18.6 Å². The molecule has 1 fully saturated rings. The molecule has 0 aromatic rings. The number of amides is 2. The molecule has 0 aromatic heterocycles. The van der Waals surface area contributed by atoms with Crippen LogP contribution >= 0.6 is 11.8 Å². The maximum atomic E-state index is 12.0. The highest BCUT2D eigenvalue weighted by molar-refractivity contribution is 7.99. The minimum absolute atomic E-state index is 0.137. The van der Waals surface area contributed by atoms with E-state index in [0.717, 1.165) is 24.3 Å². The van der Waals surface area contributed by atoms with E-state index in [9.17, 15) is 9.59 Å². The average Bonchev–Trinajstić information content (AvgIpc) is 2.36. The molecule has 2 amide bonds. The fourth-order valence-electron chi connectivity index (χ4n) is 1.87. The van der Waals surface area contributed by atoms with Gasteiger partial charge in [-0.25, -0.2) is 4.79 Å². The van der Waals surface area contributed by atoms with Crippen molar-refractivity contribution in [3.63, 3.8) is 0 Å². The second kappa shape index (κ2) is 7.51. The Hall–Kier alpha value is -0.910. The van der Waals surface area contributed by atoms with Crippen LogP contribution in [0.2, 0.25) is 0 Å². The van der Waals surface area contributed by atoms with Crippen LogP contribution in [-0.4, -0.2) is 52.6 Å². The van der Waals surface area contributed by atoms with Crippen LogP contribution in [0.5, 0.6) is 0 Å². The highest BCUT2D eigenvalue weighted by atomic mass is 32.2. The summed E-state index contributed by atoms with van der Waals surface area (Å²) in [6, 6.07) is 0.107. The van der Waals surface area contributed by atoms with Gasteiger partial charge in [0.1, 0.15) is 0 Å². The standard InChI is InChI=1S/C12H22N2O3S/c1-3-14(8-9(2)11(15)16)12(17)13-10-4-6-18-7-5-10/h9-10H,3-8H2,1-2H3,(H,13,17)(H,15,16). The minimum Gasteiger partial charge on any atom is -0.481 e. The predicted molar refractivity (Wildman–Crippen MR) is 72.9 cm³/mol. The summed E-state index contributed by atoms with van der Waals surface area (Å²) >= 11 is 1.91. The molecule has 5 nitrogen and oxygen atoms in total. The molecule has 1 rings (SSSR count). The molecule has 0 aromatic carbocycles. The van der Waals surface area contributed by atoms with Gasteiger partial charge in [0.15, 0.2) is 0 Å². The molecule has 18 heavy (non-hydrogen) atoms. The molecule has 0 spiro atoms. The Bertz CT molecular complexity index is 293. The van der Waals surface area contributed by atoms with Crippen molar-refractivity contribution in [3.8, 4) is 0 Å². The van der Waals surface area contributed by atoms with Gasteiger partial charge in [-0.05, 0) is 31.3 Å². The number of carboxylic acid groups (broad SMARTS) is 1. The highest BCUT2D eigenvalue weighted by Gasteiger charge is 2.22. The number of urea groups is 1. The number of rotatable bonds is 5. The number of hydrogen-bond donors (Lipinski definition) is 2. The normalized spacial score (nSPS) is 18.1. The van der Waals surface area contributed by atoms with Crippen LogP contribution in [-0.2, 0) is 4.79 Å². The molecule has 6 heteroatoms. The number of thioether (sulfide) groups is 1. The second-order valence-corrected chi connectivity index (χ2v) is 5.84. The fraction of sp³-hybridized carbons (Fsp3) is 0.833. The number of hydrogen-bond acceptors (Lipinski definition) is 3. The largest absolute Gasteiger partial charge is 0.481 e. The van der Waals surface area contributed by atoms with E-state index in [1.165, 1.54) is 0 Å². The summed E-state index contributed by atoms with van der Waals surface area (Å²) in [5.41, 5.74) is 0. The van der Waals surface area contributed by atoms with E-state index >= 15 is 0 Å². The molecule has 0 aliphatic carbocycles. The first kappa shape index (κ1) is 15.1. The summed E-state index contributed by atoms with van der Waals surface area (Å²) in [5.74, 6) is 0.776. The number of nitrogens with one attached hydrogen (secondary N) is 1. The van der Waals surface area contributed by atoms with Crippen molar-refractivity contribution >= 4 is 23.8 Å². The number of aliphatic carboxylic acids is 1. The third-order valence-electron chi connectivity index (χ3n) is 3.13. The molecule has 1 aliphatic rings. The van der Waals surface area contributed by atoms with Crippen LogP contribution in [0.1, 0.15) is 26.7 Å². The Kier molecular flexibility index (Phi) is 6.32. The number of carboxylic acids is 1. The molecule has 1 heterocycles. The zero-order valence-corrected chi connectivity index (χ0v) is 11.8. The monoisotopic (exact) mass is 274 g/mol.